The second-order valence-electron chi connectivity index (χ2n) is 4.89. The fraction of sp³-hybridized carbons (Fsp3) is 0.333. The average molecular weight is 298 g/mol. The Morgan fingerprint density at radius 2 is 1.84 bits per heavy atom. The van der Waals surface area contributed by atoms with Gasteiger partial charge in [-0.15, -0.1) is 0 Å². The van der Waals surface area contributed by atoms with E-state index in [1.165, 1.54) is 13.8 Å². The second-order valence-corrected chi connectivity index (χ2v) is 7.74. The molecule has 0 atom stereocenters. The number of nitrogens with two attached hydrogens (primary N) is 1. The molecule has 0 bridgehead atoms. The summed E-state index contributed by atoms with van der Waals surface area (Å²) in [5.41, 5.74) is 6.89. The molecule has 1 amide bonds. The minimum absolute atomic E-state index is 0.0439. The van der Waals surface area contributed by atoms with Crippen LogP contribution in [0.1, 0.15) is 25.0 Å². The van der Waals surface area contributed by atoms with Gasteiger partial charge in [-0.25, -0.2) is 12.7 Å². The summed E-state index contributed by atoms with van der Waals surface area (Å²) in [7, 11) is -3.54. The zero-order chi connectivity index (χ0) is 14.4. The molecule has 0 aromatic heterocycles. The van der Waals surface area contributed by atoms with Crippen LogP contribution in [-0.2, 0) is 21.4 Å². The van der Waals surface area contributed by atoms with Crippen LogP contribution >= 0.6 is 12.2 Å². The highest BCUT2D eigenvalue weighted by Gasteiger charge is 2.59. The standard InChI is InChI=1S/C12H14N2O3S2/c1-12(2)11(15)14(19(12,16)17)7-8-3-5-9(6-4-8)10(13)18/h3-6H,7H2,1-2H3,(H2,13,18). The van der Waals surface area contributed by atoms with Crippen LogP contribution in [0.4, 0.5) is 0 Å². The van der Waals surface area contributed by atoms with E-state index in [2.05, 4.69) is 0 Å². The van der Waals surface area contributed by atoms with Gasteiger partial charge in [0.2, 0.25) is 0 Å². The SMILES string of the molecule is CC1(C)C(=O)N(Cc2ccc(C(N)=S)cc2)S1(=O)=O. The van der Waals surface area contributed by atoms with Gasteiger partial charge in [0.15, 0.2) is 4.75 Å². The minimum Gasteiger partial charge on any atom is -0.389 e. The van der Waals surface area contributed by atoms with Crippen molar-refractivity contribution in [2.24, 2.45) is 5.73 Å². The highest BCUT2D eigenvalue weighted by atomic mass is 32.2. The Bertz CT molecular complexity index is 648. The van der Waals surface area contributed by atoms with Crippen LogP contribution in [0.25, 0.3) is 0 Å². The number of nitrogens with zero attached hydrogens (tertiary/aromatic N) is 1. The monoisotopic (exact) mass is 298 g/mol. The normalized spacial score (nSPS) is 19.9. The number of rotatable bonds is 3. The third-order valence-corrected chi connectivity index (χ3v) is 5.82. The number of sulfonamides is 1. The molecule has 102 valence electrons. The molecule has 1 aliphatic heterocycles. The maximum absolute atomic E-state index is 11.9. The van der Waals surface area contributed by atoms with Gasteiger partial charge in [0, 0.05) is 5.56 Å². The summed E-state index contributed by atoms with van der Waals surface area (Å²) in [6, 6.07) is 6.84. The first-order valence-corrected chi connectivity index (χ1v) is 7.48. The Morgan fingerprint density at radius 3 is 2.26 bits per heavy atom. The lowest BCUT2D eigenvalue weighted by molar-refractivity contribution is -0.132. The van der Waals surface area contributed by atoms with Crippen LogP contribution in [0.5, 0.6) is 0 Å². The molecule has 1 aromatic rings. The van der Waals surface area contributed by atoms with Crippen molar-refractivity contribution in [3.05, 3.63) is 35.4 Å². The molecule has 5 nitrogen and oxygen atoms in total. The second kappa shape index (κ2) is 4.28. The number of amides is 1. The van der Waals surface area contributed by atoms with Gasteiger partial charge in [-0.2, -0.15) is 0 Å². The van der Waals surface area contributed by atoms with Crippen LogP contribution < -0.4 is 5.73 Å². The van der Waals surface area contributed by atoms with Crippen molar-refractivity contribution in [3.8, 4) is 0 Å². The summed E-state index contributed by atoms with van der Waals surface area (Å²) >= 11 is 4.83. The van der Waals surface area contributed by atoms with Gasteiger partial charge in [-0.3, -0.25) is 4.79 Å². The maximum Gasteiger partial charge on any atom is 0.259 e. The number of thiocarbonyl (C=S) groups is 1. The summed E-state index contributed by atoms with van der Waals surface area (Å²) in [5.74, 6) is -0.383. The lowest BCUT2D eigenvalue weighted by Gasteiger charge is -2.43. The smallest absolute Gasteiger partial charge is 0.259 e. The van der Waals surface area contributed by atoms with E-state index >= 15 is 0 Å². The van der Waals surface area contributed by atoms with Gasteiger partial charge in [0.05, 0.1) is 6.54 Å². The molecule has 1 heterocycles. The van der Waals surface area contributed by atoms with E-state index in [4.69, 9.17) is 18.0 Å². The molecule has 1 fully saturated rings. The minimum atomic E-state index is -3.54. The molecule has 0 radical (unpaired) electrons. The van der Waals surface area contributed by atoms with Crippen molar-refractivity contribution in [1.82, 2.24) is 4.31 Å². The van der Waals surface area contributed by atoms with E-state index < -0.39 is 14.8 Å². The first kappa shape index (κ1) is 14.0. The lowest BCUT2D eigenvalue weighted by Crippen LogP contribution is -2.66. The van der Waals surface area contributed by atoms with Crippen LogP contribution in [0.3, 0.4) is 0 Å². The first-order chi connectivity index (χ1) is 8.68. The summed E-state index contributed by atoms with van der Waals surface area (Å²) in [6.07, 6.45) is 0. The van der Waals surface area contributed by atoms with Crippen LogP contribution in [0, 0.1) is 0 Å². The third kappa shape index (κ3) is 2.02. The predicted octanol–water partition coefficient (Wildman–Crippen LogP) is 0.771. The van der Waals surface area contributed by atoms with E-state index in [9.17, 15) is 13.2 Å². The van der Waals surface area contributed by atoms with Crippen molar-refractivity contribution >= 4 is 33.1 Å². The van der Waals surface area contributed by atoms with Crippen molar-refractivity contribution < 1.29 is 13.2 Å². The first-order valence-electron chi connectivity index (χ1n) is 5.63. The number of hydrogen-bond acceptors (Lipinski definition) is 4. The maximum atomic E-state index is 11.9. The zero-order valence-corrected chi connectivity index (χ0v) is 12.2. The molecule has 2 rings (SSSR count). The topological polar surface area (TPSA) is 80.5 Å². The van der Waals surface area contributed by atoms with E-state index in [0.29, 0.717) is 11.1 Å². The van der Waals surface area contributed by atoms with Gasteiger partial charge in [-0.05, 0) is 19.4 Å². The average Bonchev–Trinajstić information content (AvgIpc) is 2.35. The highest BCUT2D eigenvalue weighted by molar-refractivity contribution is 7.94. The number of carbonyl (C=O) groups is 1. The molecule has 2 N–H and O–H groups in total. The Morgan fingerprint density at radius 1 is 1.32 bits per heavy atom. The van der Waals surface area contributed by atoms with E-state index in [0.717, 1.165) is 4.31 Å². The highest BCUT2D eigenvalue weighted by Crippen LogP contribution is 2.35. The van der Waals surface area contributed by atoms with Crippen molar-refractivity contribution in [1.29, 1.82) is 0 Å². The molecule has 1 saturated heterocycles. The molecule has 0 spiro atoms. The number of hydrogen-bond donors (Lipinski definition) is 1. The van der Waals surface area contributed by atoms with Crippen molar-refractivity contribution in [2.75, 3.05) is 0 Å². The van der Waals surface area contributed by atoms with Gasteiger partial charge < -0.3 is 5.73 Å². The largest absolute Gasteiger partial charge is 0.389 e. The fourth-order valence-corrected chi connectivity index (χ4v) is 3.50. The summed E-state index contributed by atoms with van der Waals surface area (Å²) in [4.78, 5) is 12.1. The molecular weight excluding hydrogens is 284 g/mol. The van der Waals surface area contributed by atoms with Crippen molar-refractivity contribution in [3.63, 3.8) is 0 Å². The Kier molecular flexibility index (Phi) is 3.14. The summed E-state index contributed by atoms with van der Waals surface area (Å²) in [6.45, 7) is 2.87. The van der Waals surface area contributed by atoms with E-state index in [-0.39, 0.29) is 17.4 Å². The van der Waals surface area contributed by atoms with Gasteiger partial charge in [0.25, 0.3) is 15.9 Å². The summed E-state index contributed by atoms with van der Waals surface area (Å²) < 4.78 is 23.4. The lowest BCUT2D eigenvalue weighted by atomic mass is 10.1. The van der Waals surface area contributed by atoms with Gasteiger partial charge in [0.1, 0.15) is 4.99 Å². The predicted molar refractivity (Wildman–Crippen MR) is 75.9 cm³/mol. The van der Waals surface area contributed by atoms with Crippen LogP contribution in [0.15, 0.2) is 24.3 Å². The van der Waals surface area contributed by atoms with Crippen molar-refractivity contribution in [2.45, 2.75) is 25.1 Å². The zero-order valence-electron chi connectivity index (χ0n) is 10.6. The van der Waals surface area contributed by atoms with Gasteiger partial charge in [-0.1, -0.05) is 36.5 Å². The molecule has 0 aliphatic carbocycles. The molecule has 1 aliphatic rings. The molecule has 7 heteroatoms. The van der Waals surface area contributed by atoms with Crippen LogP contribution in [0.2, 0.25) is 0 Å². The Hall–Kier alpha value is -1.47. The molecule has 0 unspecified atom stereocenters. The van der Waals surface area contributed by atoms with Gasteiger partial charge >= 0.3 is 0 Å². The molecule has 0 saturated carbocycles. The van der Waals surface area contributed by atoms with E-state index in [1.54, 1.807) is 24.3 Å². The van der Waals surface area contributed by atoms with Crippen LogP contribution in [-0.4, -0.2) is 28.4 Å². The van der Waals surface area contributed by atoms with E-state index in [1.807, 2.05) is 0 Å². The molecular formula is C12H14N2O3S2. The third-order valence-electron chi connectivity index (χ3n) is 3.24. The fourth-order valence-electron chi connectivity index (χ4n) is 1.85. The summed E-state index contributed by atoms with van der Waals surface area (Å²) in [5, 5.41) is 0. The molecule has 19 heavy (non-hydrogen) atoms. The molecule has 1 aromatic carbocycles. The Balaban J connectivity index is 2.20. The number of benzene rings is 1. The number of carbonyl (C=O) groups excluding carboxylic acids is 1. The quantitative estimate of drug-likeness (QED) is 0.834. The Labute approximate surface area is 117 Å².